The highest BCUT2D eigenvalue weighted by Crippen LogP contribution is 2.32. The first-order chi connectivity index (χ1) is 13.2. The van der Waals surface area contributed by atoms with Crippen molar-refractivity contribution in [3.05, 3.63) is 46.4 Å². The molecule has 0 aliphatic carbocycles. The maximum atomic E-state index is 11.7. The van der Waals surface area contributed by atoms with Gasteiger partial charge in [-0.25, -0.2) is 0 Å². The standard InChI is InChI=1S/C20H18Cl2N2O4/c1-11(25)7-19(27)23-17-5-3-13(9-15(17)21)14-4-6-18(16(22)10-14)24-20(28)8-12(2)26/h3-6,9-10H,7-8H2,1-2H3,(H,23,27)(H,24,28). The Hall–Kier alpha value is -2.70. The van der Waals surface area contributed by atoms with Crippen LogP contribution in [-0.4, -0.2) is 23.4 Å². The lowest BCUT2D eigenvalue weighted by Crippen LogP contribution is -2.15. The summed E-state index contributed by atoms with van der Waals surface area (Å²) in [5, 5.41) is 5.79. The molecular weight excluding hydrogens is 403 g/mol. The van der Waals surface area contributed by atoms with Gasteiger partial charge >= 0.3 is 0 Å². The van der Waals surface area contributed by atoms with E-state index in [1.165, 1.54) is 13.8 Å². The second-order valence-electron chi connectivity index (χ2n) is 6.24. The highest BCUT2D eigenvalue weighted by Gasteiger charge is 2.12. The average molecular weight is 421 g/mol. The van der Waals surface area contributed by atoms with Crippen LogP contribution < -0.4 is 10.6 Å². The first kappa shape index (κ1) is 21.6. The van der Waals surface area contributed by atoms with Crippen molar-refractivity contribution in [3.63, 3.8) is 0 Å². The molecule has 0 atom stereocenters. The summed E-state index contributed by atoms with van der Waals surface area (Å²) in [5.74, 6) is -1.35. The molecule has 0 aromatic heterocycles. The number of carbonyl (C=O) groups excluding carboxylic acids is 4. The molecule has 2 rings (SSSR count). The number of carbonyl (C=O) groups is 4. The molecule has 6 nitrogen and oxygen atoms in total. The smallest absolute Gasteiger partial charge is 0.231 e. The number of anilines is 2. The summed E-state index contributed by atoms with van der Waals surface area (Å²) in [6.45, 7) is 2.67. The van der Waals surface area contributed by atoms with Gasteiger partial charge in [-0.3, -0.25) is 19.2 Å². The van der Waals surface area contributed by atoms with Crippen molar-refractivity contribution < 1.29 is 19.2 Å². The molecule has 0 fully saturated rings. The lowest BCUT2D eigenvalue weighted by Gasteiger charge is -2.11. The molecule has 2 aromatic carbocycles. The highest BCUT2D eigenvalue weighted by molar-refractivity contribution is 6.35. The van der Waals surface area contributed by atoms with Gasteiger partial charge in [0.15, 0.2) is 0 Å². The molecule has 0 aliphatic heterocycles. The molecule has 0 saturated carbocycles. The average Bonchev–Trinajstić information content (AvgIpc) is 2.57. The normalized spacial score (nSPS) is 10.3. The molecule has 0 radical (unpaired) electrons. The van der Waals surface area contributed by atoms with E-state index in [1.54, 1.807) is 36.4 Å². The Balaban J connectivity index is 2.17. The van der Waals surface area contributed by atoms with Crippen LogP contribution in [0.25, 0.3) is 11.1 Å². The summed E-state index contributed by atoms with van der Waals surface area (Å²) in [4.78, 5) is 45.4. The molecule has 28 heavy (non-hydrogen) atoms. The number of hydrogen-bond acceptors (Lipinski definition) is 4. The number of ketones is 2. The zero-order valence-electron chi connectivity index (χ0n) is 15.3. The molecule has 2 aromatic rings. The minimum Gasteiger partial charge on any atom is -0.324 e. The second kappa shape index (κ2) is 9.48. The third-order valence-corrected chi connectivity index (χ3v) is 4.26. The van der Waals surface area contributed by atoms with Crippen molar-refractivity contribution in [2.45, 2.75) is 26.7 Å². The van der Waals surface area contributed by atoms with Crippen LogP contribution in [0, 0.1) is 0 Å². The SMILES string of the molecule is CC(=O)CC(=O)Nc1ccc(-c2ccc(NC(=O)CC(C)=O)c(Cl)c2)cc1Cl. The highest BCUT2D eigenvalue weighted by atomic mass is 35.5. The zero-order valence-corrected chi connectivity index (χ0v) is 16.8. The molecule has 2 amide bonds. The van der Waals surface area contributed by atoms with Gasteiger partial charge in [-0.2, -0.15) is 0 Å². The molecule has 0 heterocycles. The van der Waals surface area contributed by atoms with Crippen molar-refractivity contribution in [1.29, 1.82) is 0 Å². The summed E-state index contributed by atoms with van der Waals surface area (Å²) in [6, 6.07) is 10.1. The van der Waals surface area contributed by atoms with Crippen LogP contribution in [0.4, 0.5) is 11.4 Å². The van der Waals surface area contributed by atoms with E-state index in [-0.39, 0.29) is 24.4 Å². The molecule has 0 saturated heterocycles. The van der Waals surface area contributed by atoms with Gasteiger partial charge in [0.25, 0.3) is 0 Å². The largest absolute Gasteiger partial charge is 0.324 e. The number of benzene rings is 2. The minimum absolute atomic E-state index is 0.218. The number of Topliss-reactive ketones (excluding diaryl/α,β-unsaturated/α-hetero) is 2. The predicted molar refractivity (Wildman–Crippen MR) is 110 cm³/mol. The maximum Gasteiger partial charge on any atom is 0.231 e. The fraction of sp³-hybridized carbons (Fsp3) is 0.200. The number of hydrogen-bond donors (Lipinski definition) is 2. The van der Waals surface area contributed by atoms with Crippen molar-refractivity contribution >= 4 is 58.0 Å². The van der Waals surface area contributed by atoms with E-state index >= 15 is 0 Å². The van der Waals surface area contributed by atoms with Gasteiger partial charge in [0.05, 0.1) is 34.3 Å². The van der Waals surface area contributed by atoms with E-state index < -0.39 is 11.8 Å². The molecule has 8 heteroatoms. The summed E-state index contributed by atoms with van der Waals surface area (Å²) in [6.07, 6.45) is -0.436. The van der Waals surface area contributed by atoms with Gasteiger partial charge in [-0.1, -0.05) is 35.3 Å². The number of amides is 2. The quantitative estimate of drug-likeness (QED) is 0.644. The zero-order chi connectivity index (χ0) is 20.8. The summed E-state index contributed by atoms with van der Waals surface area (Å²) >= 11 is 12.5. The first-order valence-electron chi connectivity index (χ1n) is 8.33. The Bertz CT molecular complexity index is 880. The van der Waals surface area contributed by atoms with Crippen LogP contribution in [0.1, 0.15) is 26.7 Å². The Labute approximate surface area is 172 Å². The Kier molecular flexibility index (Phi) is 7.31. The van der Waals surface area contributed by atoms with E-state index in [0.29, 0.717) is 21.4 Å². The van der Waals surface area contributed by atoms with Crippen LogP contribution in [0.3, 0.4) is 0 Å². The summed E-state index contributed by atoms with van der Waals surface area (Å²) in [5.41, 5.74) is 2.29. The van der Waals surface area contributed by atoms with E-state index in [1.807, 2.05) is 0 Å². The molecule has 2 N–H and O–H groups in total. The fourth-order valence-electron chi connectivity index (χ4n) is 2.43. The number of rotatable bonds is 7. The molecular formula is C20H18Cl2N2O4. The Morgan fingerprint density at radius 3 is 1.36 bits per heavy atom. The van der Waals surface area contributed by atoms with Gasteiger partial charge in [0.2, 0.25) is 11.8 Å². The lowest BCUT2D eigenvalue weighted by molar-refractivity contribution is -0.125. The van der Waals surface area contributed by atoms with Crippen molar-refractivity contribution in [2.24, 2.45) is 0 Å². The maximum absolute atomic E-state index is 11.7. The summed E-state index contributed by atoms with van der Waals surface area (Å²) in [7, 11) is 0. The van der Waals surface area contributed by atoms with Gasteiger partial charge in [0.1, 0.15) is 11.6 Å². The monoisotopic (exact) mass is 420 g/mol. The summed E-state index contributed by atoms with van der Waals surface area (Å²) < 4.78 is 0. The third-order valence-electron chi connectivity index (χ3n) is 3.64. The number of halogens is 2. The van der Waals surface area contributed by atoms with Gasteiger partial charge in [-0.15, -0.1) is 0 Å². The van der Waals surface area contributed by atoms with E-state index in [2.05, 4.69) is 10.6 Å². The molecule has 146 valence electrons. The lowest BCUT2D eigenvalue weighted by atomic mass is 10.0. The third kappa shape index (κ3) is 6.18. The van der Waals surface area contributed by atoms with E-state index in [0.717, 1.165) is 11.1 Å². The minimum atomic E-state index is -0.434. The number of nitrogens with one attached hydrogen (secondary N) is 2. The molecule has 0 spiro atoms. The van der Waals surface area contributed by atoms with Gasteiger partial charge in [0, 0.05) is 0 Å². The Morgan fingerprint density at radius 2 is 1.07 bits per heavy atom. The Morgan fingerprint density at radius 1 is 0.714 bits per heavy atom. The van der Waals surface area contributed by atoms with E-state index in [9.17, 15) is 19.2 Å². The molecule has 0 aliphatic rings. The second-order valence-corrected chi connectivity index (χ2v) is 7.06. The topological polar surface area (TPSA) is 92.3 Å². The van der Waals surface area contributed by atoms with Crippen molar-refractivity contribution in [1.82, 2.24) is 0 Å². The van der Waals surface area contributed by atoms with E-state index in [4.69, 9.17) is 23.2 Å². The predicted octanol–water partition coefficient (Wildman–Crippen LogP) is 4.50. The fourth-order valence-corrected chi connectivity index (χ4v) is 2.89. The van der Waals surface area contributed by atoms with Crippen LogP contribution >= 0.6 is 23.2 Å². The first-order valence-corrected chi connectivity index (χ1v) is 9.09. The van der Waals surface area contributed by atoms with Crippen LogP contribution in [0.15, 0.2) is 36.4 Å². The van der Waals surface area contributed by atoms with Gasteiger partial charge < -0.3 is 10.6 Å². The molecule has 0 unspecified atom stereocenters. The van der Waals surface area contributed by atoms with Gasteiger partial charge in [-0.05, 0) is 49.2 Å². The van der Waals surface area contributed by atoms with Crippen molar-refractivity contribution in [3.8, 4) is 11.1 Å². The van der Waals surface area contributed by atoms with Crippen LogP contribution in [0.2, 0.25) is 10.0 Å². The van der Waals surface area contributed by atoms with Crippen LogP contribution in [-0.2, 0) is 19.2 Å². The van der Waals surface area contributed by atoms with Crippen molar-refractivity contribution in [2.75, 3.05) is 10.6 Å². The molecule has 0 bridgehead atoms. The van der Waals surface area contributed by atoms with Crippen LogP contribution in [0.5, 0.6) is 0 Å².